The second-order valence-electron chi connectivity index (χ2n) is 3.08. The largest absolute Gasteiger partial charge is 0.384 e. The molecule has 0 aliphatic carbocycles. The first-order valence-corrected chi connectivity index (χ1v) is 6.07. The quantitative estimate of drug-likeness (QED) is 0.751. The van der Waals surface area contributed by atoms with Crippen molar-refractivity contribution in [2.24, 2.45) is 0 Å². The van der Waals surface area contributed by atoms with E-state index >= 15 is 0 Å². The van der Waals surface area contributed by atoms with Crippen LogP contribution < -0.4 is 10.6 Å². The molecule has 0 unspecified atom stereocenters. The highest BCUT2D eigenvalue weighted by Gasteiger charge is 1.97. The molecule has 0 aliphatic heterocycles. The molecular weight excluding hydrogens is 208 g/mol. The Morgan fingerprint density at radius 2 is 2.27 bits per heavy atom. The van der Waals surface area contributed by atoms with Gasteiger partial charge in [0.25, 0.3) is 0 Å². The minimum absolute atomic E-state index is 0.0588. The number of amides is 1. The Balaban J connectivity index is 2.40. The Bertz CT molecular complexity index is 328. The van der Waals surface area contributed by atoms with E-state index in [1.165, 1.54) is 4.90 Å². The van der Waals surface area contributed by atoms with Crippen LogP contribution in [0.3, 0.4) is 0 Å². The first kappa shape index (κ1) is 11.9. The van der Waals surface area contributed by atoms with E-state index in [1.54, 1.807) is 18.8 Å². The van der Waals surface area contributed by atoms with Crippen LogP contribution in [0.25, 0.3) is 0 Å². The van der Waals surface area contributed by atoms with Gasteiger partial charge in [0.1, 0.15) is 0 Å². The molecule has 0 spiro atoms. The van der Waals surface area contributed by atoms with Gasteiger partial charge in [-0.05, 0) is 24.5 Å². The average molecular weight is 224 g/mol. The van der Waals surface area contributed by atoms with Crippen LogP contribution in [0.15, 0.2) is 29.2 Å². The Morgan fingerprint density at radius 1 is 1.47 bits per heavy atom. The van der Waals surface area contributed by atoms with Crippen molar-refractivity contribution in [3.05, 3.63) is 24.3 Å². The standard InChI is InChI=1S/C11H16N2OS/c1-12-11(14)6-7-13-9-4-3-5-10(8-9)15-2/h3-5,8,13H,6-7H2,1-2H3,(H,12,14). The van der Waals surface area contributed by atoms with Crippen LogP contribution in [-0.2, 0) is 4.79 Å². The van der Waals surface area contributed by atoms with Gasteiger partial charge < -0.3 is 10.6 Å². The fourth-order valence-electron chi connectivity index (χ4n) is 1.18. The van der Waals surface area contributed by atoms with Gasteiger partial charge in [0.15, 0.2) is 0 Å². The summed E-state index contributed by atoms with van der Waals surface area (Å²) in [6, 6.07) is 8.15. The van der Waals surface area contributed by atoms with Crippen molar-refractivity contribution in [2.75, 3.05) is 25.2 Å². The van der Waals surface area contributed by atoms with Crippen molar-refractivity contribution in [2.45, 2.75) is 11.3 Å². The molecule has 0 aliphatic rings. The van der Waals surface area contributed by atoms with E-state index in [4.69, 9.17) is 0 Å². The number of benzene rings is 1. The zero-order valence-corrected chi connectivity index (χ0v) is 9.86. The van der Waals surface area contributed by atoms with E-state index < -0.39 is 0 Å². The van der Waals surface area contributed by atoms with Crippen molar-refractivity contribution >= 4 is 23.4 Å². The number of carbonyl (C=O) groups excluding carboxylic acids is 1. The Hall–Kier alpha value is -1.16. The number of thioether (sulfide) groups is 1. The zero-order chi connectivity index (χ0) is 11.1. The van der Waals surface area contributed by atoms with Gasteiger partial charge in [-0.2, -0.15) is 0 Å². The SMILES string of the molecule is CNC(=O)CCNc1cccc(SC)c1. The molecule has 1 aromatic rings. The fourth-order valence-corrected chi connectivity index (χ4v) is 1.64. The molecule has 0 saturated carbocycles. The molecule has 1 aromatic carbocycles. The highest BCUT2D eigenvalue weighted by molar-refractivity contribution is 7.98. The summed E-state index contributed by atoms with van der Waals surface area (Å²) in [5.74, 6) is 0.0588. The summed E-state index contributed by atoms with van der Waals surface area (Å²) in [7, 11) is 1.65. The summed E-state index contributed by atoms with van der Waals surface area (Å²) in [4.78, 5) is 12.2. The minimum atomic E-state index is 0.0588. The molecule has 82 valence electrons. The maximum atomic E-state index is 11.0. The van der Waals surface area contributed by atoms with Gasteiger partial charge in [0.2, 0.25) is 5.91 Å². The molecule has 0 atom stereocenters. The number of hydrogen-bond donors (Lipinski definition) is 2. The lowest BCUT2D eigenvalue weighted by Gasteiger charge is -2.06. The summed E-state index contributed by atoms with van der Waals surface area (Å²) in [5.41, 5.74) is 1.06. The maximum absolute atomic E-state index is 11.0. The third-order valence-corrected chi connectivity index (χ3v) is 2.76. The third kappa shape index (κ3) is 4.25. The fraction of sp³-hybridized carbons (Fsp3) is 0.364. The number of hydrogen-bond acceptors (Lipinski definition) is 3. The van der Waals surface area contributed by atoms with E-state index in [-0.39, 0.29) is 5.91 Å². The highest BCUT2D eigenvalue weighted by atomic mass is 32.2. The Morgan fingerprint density at radius 3 is 2.93 bits per heavy atom. The van der Waals surface area contributed by atoms with E-state index in [0.717, 1.165) is 5.69 Å². The Kier molecular flexibility index (Phi) is 5.04. The molecule has 1 rings (SSSR count). The summed E-state index contributed by atoms with van der Waals surface area (Å²) >= 11 is 1.71. The molecule has 0 aromatic heterocycles. The molecule has 0 bridgehead atoms. The van der Waals surface area contributed by atoms with Gasteiger partial charge in [0, 0.05) is 30.6 Å². The van der Waals surface area contributed by atoms with Gasteiger partial charge in [-0.25, -0.2) is 0 Å². The van der Waals surface area contributed by atoms with Crippen LogP contribution in [0.2, 0.25) is 0 Å². The summed E-state index contributed by atoms with van der Waals surface area (Å²) in [5, 5.41) is 5.80. The Labute approximate surface area is 94.6 Å². The predicted molar refractivity (Wildman–Crippen MR) is 65.4 cm³/mol. The van der Waals surface area contributed by atoms with Gasteiger partial charge in [-0.15, -0.1) is 11.8 Å². The number of anilines is 1. The lowest BCUT2D eigenvalue weighted by molar-refractivity contribution is -0.120. The number of nitrogens with one attached hydrogen (secondary N) is 2. The molecular formula is C11H16N2OS. The molecule has 4 heteroatoms. The van der Waals surface area contributed by atoms with Gasteiger partial charge in [-0.1, -0.05) is 6.07 Å². The van der Waals surface area contributed by atoms with Crippen molar-refractivity contribution < 1.29 is 4.79 Å². The molecule has 15 heavy (non-hydrogen) atoms. The molecule has 0 radical (unpaired) electrons. The van der Waals surface area contributed by atoms with Crippen LogP contribution in [-0.4, -0.2) is 25.8 Å². The van der Waals surface area contributed by atoms with Crippen LogP contribution in [0.4, 0.5) is 5.69 Å². The van der Waals surface area contributed by atoms with Gasteiger partial charge in [-0.3, -0.25) is 4.79 Å². The average Bonchev–Trinajstić information content (AvgIpc) is 2.29. The van der Waals surface area contributed by atoms with Crippen molar-refractivity contribution in [3.63, 3.8) is 0 Å². The number of carbonyl (C=O) groups is 1. The van der Waals surface area contributed by atoms with Crippen molar-refractivity contribution in [1.29, 1.82) is 0 Å². The monoisotopic (exact) mass is 224 g/mol. The third-order valence-electron chi connectivity index (χ3n) is 2.03. The first-order chi connectivity index (χ1) is 7.26. The lowest BCUT2D eigenvalue weighted by atomic mass is 10.3. The summed E-state index contributed by atoms with van der Waals surface area (Å²) in [6.07, 6.45) is 2.55. The molecule has 0 saturated heterocycles. The minimum Gasteiger partial charge on any atom is -0.384 e. The molecule has 3 nitrogen and oxygen atoms in total. The van der Waals surface area contributed by atoms with E-state index in [1.807, 2.05) is 18.4 Å². The molecule has 2 N–H and O–H groups in total. The summed E-state index contributed by atoms with van der Waals surface area (Å²) < 4.78 is 0. The van der Waals surface area contributed by atoms with Gasteiger partial charge >= 0.3 is 0 Å². The van der Waals surface area contributed by atoms with E-state index in [0.29, 0.717) is 13.0 Å². The smallest absolute Gasteiger partial charge is 0.221 e. The number of rotatable bonds is 5. The van der Waals surface area contributed by atoms with Crippen LogP contribution in [0.5, 0.6) is 0 Å². The zero-order valence-electron chi connectivity index (χ0n) is 9.04. The molecule has 1 amide bonds. The van der Waals surface area contributed by atoms with Gasteiger partial charge in [0.05, 0.1) is 0 Å². The van der Waals surface area contributed by atoms with Crippen molar-refractivity contribution in [3.8, 4) is 0 Å². The predicted octanol–water partition coefficient (Wildman–Crippen LogP) is 1.96. The van der Waals surface area contributed by atoms with E-state index in [2.05, 4.69) is 22.8 Å². The second kappa shape index (κ2) is 6.35. The topological polar surface area (TPSA) is 41.1 Å². The van der Waals surface area contributed by atoms with E-state index in [9.17, 15) is 4.79 Å². The molecule has 0 fully saturated rings. The lowest BCUT2D eigenvalue weighted by Crippen LogP contribution is -2.20. The summed E-state index contributed by atoms with van der Waals surface area (Å²) in [6.45, 7) is 0.664. The first-order valence-electron chi connectivity index (χ1n) is 4.84. The van der Waals surface area contributed by atoms with Crippen LogP contribution >= 0.6 is 11.8 Å². The van der Waals surface area contributed by atoms with Crippen LogP contribution in [0, 0.1) is 0 Å². The second-order valence-corrected chi connectivity index (χ2v) is 3.96. The maximum Gasteiger partial charge on any atom is 0.221 e. The molecule has 0 heterocycles. The highest BCUT2D eigenvalue weighted by Crippen LogP contribution is 2.18. The van der Waals surface area contributed by atoms with Crippen LogP contribution in [0.1, 0.15) is 6.42 Å². The normalized spacial score (nSPS) is 9.73. The van der Waals surface area contributed by atoms with Crippen molar-refractivity contribution in [1.82, 2.24) is 5.32 Å².